The van der Waals surface area contributed by atoms with E-state index >= 15 is 0 Å². The third-order valence-electron chi connectivity index (χ3n) is 6.51. The van der Waals surface area contributed by atoms with Gasteiger partial charge in [-0.15, -0.1) is 11.8 Å². The van der Waals surface area contributed by atoms with E-state index in [1.807, 2.05) is 42.6 Å². The van der Waals surface area contributed by atoms with Gasteiger partial charge in [0.1, 0.15) is 5.75 Å². The standard InChI is InChI=1S/C26H31N3O3S/c1-32-21-8-9-24-22(17-21)19(10-13-27-24)5-4-6-20-11-14-29(18-23(20)26(30)31)15-16-33-25-7-2-3-12-28-25/h2-3,7-10,12-13,17,20,23H,4-6,11,14-16,18H2,1H3,(H,30,31)/t20-,23+/m1/s1. The van der Waals surface area contributed by atoms with E-state index in [9.17, 15) is 9.90 Å². The van der Waals surface area contributed by atoms with E-state index in [1.165, 1.54) is 5.56 Å². The van der Waals surface area contributed by atoms with Crippen molar-refractivity contribution in [2.24, 2.45) is 11.8 Å². The number of pyridine rings is 2. The zero-order chi connectivity index (χ0) is 23.0. The van der Waals surface area contributed by atoms with Gasteiger partial charge in [-0.2, -0.15) is 0 Å². The Kier molecular flexibility index (Phi) is 8.18. The second-order valence-electron chi connectivity index (χ2n) is 8.56. The number of fused-ring (bicyclic) bond motifs is 1. The van der Waals surface area contributed by atoms with Crippen molar-refractivity contribution in [2.45, 2.75) is 30.7 Å². The zero-order valence-corrected chi connectivity index (χ0v) is 19.8. The summed E-state index contributed by atoms with van der Waals surface area (Å²) in [6.07, 6.45) is 7.42. The molecule has 1 aliphatic heterocycles. The fraction of sp³-hybridized carbons (Fsp3) is 0.423. The largest absolute Gasteiger partial charge is 0.497 e. The minimum atomic E-state index is -0.666. The number of thioether (sulfide) groups is 1. The molecule has 33 heavy (non-hydrogen) atoms. The van der Waals surface area contributed by atoms with E-state index < -0.39 is 5.97 Å². The Morgan fingerprint density at radius 2 is 2.12 bits per heavy atom. The molecule has 3 heterocycles. The summed E-state index contributed by atoms with van der Waals surface area (Å²) in [7, 11) is 1.67. The van der Waals surface area contributed by atoms with Gasteiger partial charge in [-0.25, -0.2) is 4.98 Å². The predicted octanol–water partition coefficient (Wildman–Crippen LogP) is 4.78. The van der Waals surface area contributed by atoms with Crippen LogP contribution in [0, 0.1) is 11.8 Å². The van der Waals surface area contributed by atoms with Crippen LogP contribution in [0.3, 0.4) is 0 Å². The molecular formula is C26H31N3O3S. The van der Waals surface area contributed by atoms with Crippen LogP contribution in [0.2, 0.25) is 0 Å². The van der Waals surface area contributed by atoms with Gasteiger partial charge in [-0.05, 0) is 80.1 Å². The molecule has 174 valence electrons. The maximum atomic E-state index is 12.0. The molecule has 0 aliphatic carbocycles. The topological polar surface area (TPSA) is 75.5 Å². The van der Waals surface area contributed by atoms with Gasteiger partial charge >= 0.3 is 5.97 Å². The van der Waals surface area contributed by atoms with Crippen LogP contribution < -0.4 is 4.74 Å². The van der Waals surface area contributed by atoms with E-state index in [1.54, 1.807) is 25.1 Å². The smallest absolute Gasteiger partial charge is 0.308 e. The number of aryl methyl sites for hydroxylation is 1. The number of hydrogen-bond donors (Lipinski definition) is 1. The quantitative estimate of drug-likeness (QED) is 0.432. The Balaban J connectivity index is 1.29. The molecule has 0 unspecified atom stereocenters. The van der Waals surface area contributed by atoms with Gasteiger partial charge in [0.2, 0.25) is 0 Å². The molecule has 7 heteroatoms. The number of aromatic nitrogens is 2. The number of carboxylic acid groups (broad SMARTS) is 1. The van der Waals surface area contributed by atoms with Crippen LogP contribution in [-0.2, 0) is 11.2 Å². The molecule has 2 atom stereocenters. The molecule has 1 N–H and O–H groups in total. The molecule has 1 fully saturated rings. The van der Waals surface area contributed by atoms with Gasteiger partial charge in [0.25, 0.3) is 0 Å². The molecule has 3 aromatic rings. The van der Waals surface area contributed by atoms with Gasteiger partial charge in [0, 0.05) is 36.6 Å². The lowest BCUT2D eigenvalue weighted by Crippen LogP contribution is -2.44. The zero-order valence-electron chi connectivity index (χ0n) is 19.0. The van der Waals surface area contributed by atoms with E-state index in [4.69, 9.17) is 4.74 Å². The number of nitrogens with zero attached hydrogens (tertiary/aromatic N) is 3. The number of ether oxygens (including phenoxy) is 1. The number of hydrogen-bond acceptors (Lipinski definition) is 6. The highest BCUT2D eigenvalue weighted by atomic mass is 32.2. The fourth-order valence-corrected chi connectivity index (χ4v) is 5.56. The predicted molar refractivity (Wildman–Crippen MR) is 132 cm³/mol. The SMILES string of the molecule is COc1ccc2nccc(CCC[C@@H]3CCN(CCSc4ccccn4)C[C@@H]3C(=O)O)c2c1. The number of aliphatic carboxylic acids is 1. The highest BCUT2D eigenvalue weighted by Crippen LogP contribution is 2.30. The fourth-order valence-electron chi connectivity index (χ4n) is 4.69. The molecular weight excluding hydrogens is 434 g/mol. The molecule has 1 aromatic carbocycles. The summed E-state index contributed by atoms with van der Waals surface area (Å²) in [5.41, 5.74) is 2.21. The van der Waals surface area contributed by atoms with Gasteiger partial charge in [0.05, 0.1) is 23.6 Å². The van der Waals surface area contributed by atoms with Crippen molar-refractivity contribution in [3.63, 3.8) is 0 Å². The average Bonchev–Trinajstić information content (AvgIpc) is 2.85. The van der Waals surface area contributed by atoms with Gasteiger partial charge in [0.15, 0.2) is 0 Å². The number of methoxy groups -OCH3 is 1. The summed E-state index contributed by atoms with van der Waals surface area (Å²) in [4.78, 5) is 23.1. The first-order chi connectivity index (χ1) is 16.1. The monoisotopic (exact) mass is 465 g/mol. The highest BCUT2D eigenvalue weighted by molar-refractivity contribution is 7.99. The second kappa shape index (κ2) is 11.5. The summed E-state index contributed by atoms with van der Waals surface area (Å²) >= 11 is 1.73. The molecule has 0 bridgehead atoms. The van der Waals surface area contributed by atoms with Crippen molar-refractivity contribution in [3.8, 4) is 5.75 Å². The van der Waals surface area contributed by atoms with E-state index in [0.717, 1.165) is 66.2 Å². The summed E-state index contributed by atoms with van der Waals surface area (Å²) in [5, 5.41) is 12.0. The van der Waals surface area contributed by atoms with Crippen molar-refractivity contribution >= 4 is 28.6 Å². The van der Waals surface area contributed by atoms with Gasteiger partial charge < -0.3 is 14.7 Å². The van der Waals surface area contributed by atoms with Crippen LogP contribution in [-0.4, -0.2) is 58.4 Å². The first-order valence-electron chi connectivity index (χ1n) is 11.5. The molecule has 0 amide bonds. The molecule has 0 radical (unpaired) electrons. The molecule has 4 rings (SSSR count). The lowest BCUT2D eigenvalue weighted by Gasteiger charge is -2.36. The minimum absolute atomic E-state index is 0.227. The van der Waals surface area contributed by atoms with Crippen molar-refractivity contribution in [2.75, 3.05) is 32.5 Å². The number of piperidine rings is 1. The van der Waals surface area contributed by atoms with E-state index in [2.05, 4.69) is 20.9 Å². The van der Waals surface area contributed by atoms with Crippen LogP contribution >= 0.6 is 11.8 Å². The minimum Gasteiger partial charge on any atom is -0.497 e. The third kappa shape index (κ3) is 6.24. The van der Waals surface area contributed by atoms with Crippen LogP contribution in [0.15, 0.2) is 59.9 Å². The normalized spacial score (nSPS) is 18.9. The van der Waals surface area contributed by atoms with Crippen molar-refractivity contribution in [1.82, 2.24) is 14.9 Å². The van der Waals surface area contributed by atoms with E-state index in [-0.39, 0.29) is 11.8 Å². The van der Waals surface area contributed by atoms with Crippen LogP contribution in [0.1, 0.15) is 24.8 Å². The Bertz CT molecular complexity index is 1060. The molecule has 1 aliphatic rings. The average molecular weight is 466 g/mol. The lowest BCUT2D eigenvalue weighted by atomic mass is 9.81. The van der Waals surface area contributed by atoms with E-state index in [0.29, 0.717) is 6.54 Å². The summed E-state index contributed by atoms with van der Waals surface area (Å²) in [6.45, 7) is 2.49. The van der Waals surface area contributed by atoms with Crippen molar-refractivity contribution in [3.05, 3.63) is 60.4 Å². The Labute approximate surface area is 199 Å². The first-order valence-corrected chi connectivity index (χ1v) is 12.5. The van der Waals surface area contributed by atoms with Crippen LogP contribution in [0.5, 0.6) is 5.75 Å². The molecule has 6 nitrogen and oxygen atoms in total. The molecule has 1 saturated heterocycles. The van der Waals surface area contributed by atoms with Gasteiger partial charge in [-0.1, -0.05) is 6.07 Å². The van der Waals surface area contributed by atoms with Gasteiger partial charge in [-0.3, -0.25) is 9.78 Å². The number of likely N-dealkylation sites (tertiary alicyclic amines) is 1. The number of carbonyl (C=O) groups is 1. The second-order valence-corrected chi connectivity index (χ2v) is 9.67. The number of rotatable bonds is 10. The molecule has 0 saturated carbocycles. The van der Waals surface area contributed by atoms with Crippen molar-refractivity contribution < 1.29 is 14.6 Å². The Morgan fingerprint density at radius 3 is 2.91 bits per heavy atom. The highest BCUT2D eigenvalue weighted by Gasteiger charge is 2.33. The third-order valence-corrected chi connectivity index (χ3v) is 7.44. The Morgan fingerprint density at radius 1 is 1.21 bits per heavy atom. The Hall–Kier alpha value is -2.64. The van der Waals surface area contributed by atoms with Crippen molar-refractivity contribution in [1.29, 1.82) is 0 Å². The van der Waals surface area contributed by atoms with Crippen LogP contribution in [0.4, 0.5) is 0 Å². The number of carboxylic acids is 1. The first kappa shape index (κ1) is 23.5. The maximum absolute atomic E-state index is 12.0. The lowest BCUT2D eigenvalue weighted by molar-refractivity contribution is -0.146. The summed E-state index contributed by atoms with van der Waals surface area (Å²) in [5.74, 6) is 1.02. The summed E-state index contributed by atoms with van der Waals surface area (Å²) in [6, 6.07) is 13.9. The molecule has 0 spiro atoms. The molecule has 2 aromatic heterocycles. The van der Waals surface area contributed by atoms with Crippen LogP contribution in [0.25, 0.3) is 10.9 Å². The summed E-state index contributed by atoms with van der Waals surface area (Å²) < 4.78 is 5.38. The number of benzene rings is 1. The maximum Gasteiger partial charge on any atom is 0.308 e.